The molecule has 3 nitrogen and oxygen atoms in total. The highest BCUT2D eigenvalue weighted by Crippen LogP contribution is 2.27. The van der Waals surface area contributed by atoms with E-state index in [0.29, 0.717) is 0 Å². The van der Waals surface area contributed by atoms with E-state index in [1.165, 1.54) is 0 Å². The number of hydrogen-bond acceptors (Lipinski definition) is 3. The molecule has 66 valence electrons. The minimum absolute atomic E-state index is 0.276. The van der Waals surface area contributed by atoms with Crippen molar-refractivity contribution in [3.63, 3.8) is 0 Å². The van der Waals surface area contributed by atoms with E-state index in [9.17, 15) is 0 Å². The van der Waals surface area contributed by atoms with Crippen LogP contribution < -0.4 is 0 Å². The van der Waals surface area contributed by atoms with E-state index in [4.69, 9.17) is 9.47 Å². The van der Waals surface area contributed by atoms with Gasteiger partial charge in [0.25, 0.3) is 0 Å². The first-order chi connectivity index (χ1) is 5.18. The third-order valence-corrected chi connectivity index (χ3v) is 1.92. The van der Waals surface area contributed by atoms with Crippen LogP contribution in [0, 0.1) is 5.41 Å². The molecule has 0 aromatic carbocycles. The average Bonchev–Trinajstić information content (AvgIpc) is 1.82. The van der Waals surface area contributed by atoms with Gasteiger partial charge < -0.3 is 14.4 Å². The summed E-state index contributed by atoms with van der Waals surface area (Å²) in [5, 5.41) is 0. The van der Waals surface area contributed by atoms with Crippen LogP contribution >= 0.6 is 0 Å². The smallest absolute Gasteiger partial charge is 0.0579 e. The fourth-order valence-corrected chi connectivity index (χ4v) is 1.59. The molecule has 0 aromatic heterocycles. The van der Waals surface area contributed by atoms with Crippen LogP contribution in [0.4, 0.5) is 0 Å². The summed E-state index contributed by atoms with van der Waals surface area (Å²) in [6.07, 6.45) is 0. The topological polar surface area (TPSA) is 21.7 Å². The molecule has 0 amide bonds. The van der Waals surface area contributed by atoms with Crippen LogP contribution in [0.3, 0.4) is 0 Å². The Hall–Kier alpha value is -0.120. The minimum Gasteiger partial charge on any atom is -0.384 e. The van der Waals surface area contributed by atoms with Crippen LogP contribution in [0.1, 0.15) is 0 Å². The lowest BCUT2D eigenvalue weighted by atomic mass is 9.86. The third-order valence-electron chi connectivity index (χ3n) is 1.92. The SMILES string of the molecule is COCC1(CN(C)C)COC1. The zero-order valence-electron chi connectivity index (χ0n) is 7.59. The predicted molar refractivity (Wildman–Crippen MR) is 43.7 cm³/mol. The van der Waals surface area contributed by atoms with Crippen molar-refractivity contribution in [1.82, 2.24) is 4.90 Å². The van der Waals surface area contributed by atoms with Gasteiger partial charge in [-0.15, -0.1) is 0 Å². The van der Waals surface area contributed by atoms with Crippen molar-refractivity contribution in [3.8, 4) is 0 Å². The quantitative estimate of drug-likeness (QED) is 0.585. The second kappa shape index (κ2) is 3.52. The van der Waals surface area contributed by atoms with Crippen molar-refractivity contribution in [1.29, 1.82) is 0 Å². The number of rotatable bonds is 4. The lowest BCUT2D eigenvalue weighted by molar-refractivity contribution is -0.150. The van der Waals surface area contributed by atoms with Crippen molar-refractivity contribution in [3.05, 3.63) is 0 Å². The zero-order chi connectivity index (χ0) is 8.32. The molecule has 0 bridgehead atoms. The van der Waals surface area contributed by atoms with Gasteiger partial charge in [-0.05, 0) is 14.1 Å². The molecule has 1 fully saturated rings. The highest BCUT2D eigenvalue weighted by molar-refractivity contribution is 4.87. The van der Waals surface area contributed by atoms with Crippen molar-refractivity contribution in [2.45, 2.75) is 0 Å². The Morgan fingerprint density at radius 2 is 2.09 bits per heavy atom. The minimum atomic E-state index is 0.276. The molecule has 3 heteroatoms. The Morgan fingerprint density at radius 3 is 2.36 bits per heavy atom. The van der Waals surface area contributed by atoms with Crippen molar-refractivity contribution < 1.29 is 9.47 Å². The van der Waals surface area contributed by atoms with Gasteiger partial charge in [-0.3, -0.25) is 0 Å². The zero-order valence-corrected chi connectivity index (χ0v) is 7.59. The fourth-order valence-electron chi connectivity index (χ4n) is 1.59. The molecular weight excluding hydrogens is 142 g/mol. The summed E-state index contributed by atoms with van der Waals surface area (Å²) in [5.74, 6) is 0. The Morgan fingerprint density at radius 1 is 1.45 bits per heavy atom. The van der Waals surface area contributed by atoms with Gasteiger partial charge >= 0.3 is 0 Å². The normalized spacial score (nSPS) is 21.8. The molecule has 0 spiro atoms. The number of methoxy groups -OCH3 is 1. The van der Waals surface area contributed by atoms with Crippen LogP contribution in [-0.2, 0) is 9.47 Å². The fraction of sp³-hybridized carbons (Fsp3) is 1.00. The molecule has 1 rings (SSSR count). The maximum atomic E-state index is 5.18. The molecular formula is C8H17NO2. The second-order valence-corrected chi connectivity index (χ2v) is 3.66. The summed E-state index contributed by atoms with van der Waals surface area (Å²) in [6, 6.07) is 0. The summed E-state index contributed by atoms with van der Waals surface area (Å²) < 4.78 is 10.3. The van der Waals surface area contributed by atoms with E-state index >= 15 is 0 Å². The van der Waals surface area contributed by atoms with Gasteiger partial charge in [0.05, 0.1) is 25.2 Å². The molecule has 1 aliphatic rings. The highest BCUT2D eigenvalue weighted by Gasteiger charge is 2.38. The molecule has 0 aromatic rings. The molecule has 1 heterocycles. The van der Waals surface area contributed by atoms with Crippen molar-refractivity contribution >= 4 is 0 Å². The molecule has 11 heavy (non-hydrogen) atoms. The van der Waals surface area contributed by atoms with Crippen molar-refractivity contribution in [2.75, 3.05) is 47.6 Å². The van der Waals surface area contributed by atoms with Gasteiger partial charge in [-0.25, -0.2) is 0 Å². The number of hydrogen-bond donors (Lipinski definition) is 0. The van der Waals surface area contributed by atoms with Crippen LogP contribution in [0.15, 0.2) is 0 Å². The van der Waals surface area contributed by atoms with E-state index in [1.54, 1.807) is 7.11 Å². The van der Waals surface area contributed by atoms with Gasteiger partial charge in [0, 0.05) is 13.7 Å². The molecule has 0 radical (unpaired) electrons. The summed E-state index contributed by atoms with van der Waals surface area (Å²) in [6.45, 7) is 3.56. The number of ether oxygens (including phenoxy) is 2. The summed E-state index contributed by atoms with van der Waals surface area (Å²) in [4.78, 5) is 2.18. The van der Waals surface area contributed by atoms with Crippen LogP contribution in [0.2, 0.25) is 0 Å². The van der Waals surface area contributed by atoms with E-state index in [0.717, 1.165) is 26.4 Å². The molecule has 0 N–H and O–H groups in total. The van der Waals surface area contributed by atoms with Gasteiger partial charge in [-0.2, -0.15) is 0 Å². The average molecular weight is 159 g/mol. The first kappa shape index (κ1) is 8.97. The maximum Gasteiger partial charge on any atom is 0.0579 e. The maximum absolute atomic E-state index is 5.18. The molecule has 1 aliphatic heterocycles. The first-order valence-corrected chi connectivity index (χ1v) is 3.90. The molecule has 0 atom stereocenters. The Labute approximate surface area is 68.3 Å². The molecule has 0 aliphatic carbocycles. The molecule has 0 unspecified atom stereocenters. The van der Waals surface area contributed by atoms with Gasteiger partial charge in [0.15, 0.2) is 0 Å². The van der Waals surface area contributed by atoms with Crippen molar-refractivity contribution in [2.24, 2.45) is 5.41 Å². The van der Waals surface area contributed by atoms with Gasteiger partial charge in [-0.1, -0.05) is 0 Å². The standard InChI is InChI=1S/C8H17NO2/c1-9(2)4-8(5-10-3)6-11-7-8/h4-7H2,1-3H3. The lowest BCUT2D eigenvalue weighted by Crippen LogP contribution is -2.52. The molecule has 0 saturated carbocycles. The van der Waals surface area contributed by atoms with Gasteiger partial charge in [0.2, 0.25) is 0 Å². The summed E-state index contributed by atoms with van der Waals surface area (Å²) >= 11 is 0. The van der Waals surface area contributed by atoms with Crippen LogP contribution in [0.25, 0.3) is 0 Å². The lowest BCUT2D eigenvalue weighted by Gasteiger charge is -2.42. The second-order valence-electron chi connectivity index (χ2n) is 3.66. The molecule has 1 saturated heterocycles. The Bertz CT molecular complexity index is 121. The van der Waals surface area contributed by atoms with Gasteiger partial charge in [0.1, 0.15) is 0 Å². The van der Waals surface area contributed by atoms with E-state index in [2.05, 4.69) is 19.0 Å². The Balaban J connectivity index is 2.33. The first-order valence-electron chi connectivity index (χ1n) is 3.90. The Kier molecular flexibility index (Phi) is 2.87. The van der Waals surface area contributed by atoms with E-state index < -0.39 is 0 Å². The monoisotopic (exact) mass is 159 g/mol. The van der Waals surface area contributed by atoms with Crippen LogP contribution in [-0.4, -0.2) is 52.5 Å². The largest absolute Gasteiger partial charge is 0.384 e. The number of nitrogens with zero attached hydrogens (tertiary/aromatic N) is 1. The van der Waals surface area contributed by atoms with E-state index in [-0.39, 0.29) is 5.41 Å². The predicted octanol–water partition coefficient (Wildman–Crippen LogP) is 0.211. The summed E-state index contributed by atoms with van der Waals surface area (Å²) in [5.41, 5.74) is 0.276. The highest BCUT2D eigenvalue weighted by atomic mass is 16.5. The van der Waals surface area contributed by atoms with Crippen LogP contribution in [0.5, 0.6) is 0 Å². The summed E-state index contributed by atoms with van der Waals surface area (Å²) in [7, 11) is 5.90. The third kappa shape index (κ3) is 2.15. The van der Waals surface area contributed by atoms with E-state index in [1.807, 2.05) is 0 Å².